The van der Waals surface area contributed by atoms with Crippen molar-refractivity contribution >= 4 is 17.7 Å². The highest BCUT2D eigenvalue weighted by atomic mass is 32.2. The first-order valence-electron chi connectivity index (χ1n) is 7.05. The van der Waals surface area contributed by atoms with E-state index in [9.17, 15) is 9.18 Å². The molecule has 1 N–H and O–H groups in total. The molecule has 0 amide bonds. The van der Waals surface area contributed by atoms with Gasteiger partial charge in [0, 0.05) is 16.2 Å². The van der Waals surface area contributed by atoms with Crippen LogP contribution in [0.1, 0.15) is 34.1 Å². The number of halogens is 1. The predicted octanol–water partition coefficient (Wildman–Crippen LogP) is 3.63. The maximum atomic E-state index is 13.2. The van der Waals surface area contributed by atoms with Gasteiger partial charge in [-0.1, -0.05) is 13.0 Å². The molecule has 1 aromatic rings. The minimum Gasteiger partial charge on any atom is -0.468 e. The average molecular weight is 313 g/mol. The summed E-state index contributed by atoms with van der Waals surface area (Å²) in [6, 6.07) is 6.66. The fourth-order valence-electron chi connectivity index (χ4n) is 2.45. The Balaban J connectivity index is 2.76. The third-order valence-corrected chi connectivity index (χ3v) is 4.17. The lowest BCUT2D eigenvalue weighted by Crippen LogP contribution is -2.54. The predicted molar refractivity (Wildman–Crippen MR) is 85.0 cm³/mol. The maximum absolute atomic E-state index is 13.2. The van der Waals surface area contributed by atoms with Gasteiger partial charge in [-0.3, -0.25) is 10.1 Å². The van der Waals surface area contributed by atoms with Gasteiger partial charge in [-0.25, -0.2) is 4.39 Å². The monoisotopic (exact) mass is 313 g/mol. The number of ether oxygens (including phenoxy) is 1. The highest BCUT2D eigenvalue weighted by Crippen LogP contribution is 2.29. The van der Waals surface area contributed by atoms with E-state index in [4.69, 9.17) is 4.74 Å². The topological polar surface area (TPSA) is 38.3 Å². The minimum atomic E-state index is -0.747. The number of hydrogen-bond acceptors (Lipinski definition) is 4. The van der Waals surface area contributed by atoms with Crippen molar-refractivity contribution < 1.29 is 13.9 Å². The highest BCUT2D eigenvalue weighted by Gasteiger charge is 2.36. The summed E-state index contributed by atoms with van der Waals surface area (Å²) in [4.78, 5) is 12.9. The van der Waals surface area contributed by atoms with E-state index in [1.54, 1.807) is 17.8 Å². The summed E-state index contributed by atoms with van der Waals surface area (Å²) in [6.45, 7) is 7.86. The molecule has 0 bridgehead atoms. The smallest absolute Gasteiger partial charge is 0.325 e. The first-order valence-corrected chi connectivity index (χ1v) is 7.93. The van der Waals surface area contributed by atoms with Crippen LogP contribution in [0.3, 0.4) is 0 Å². The van der Waals surface area contributed by atoms with Gasteiger partial charge in [-0.05, 0) is 45.4 Å². The van der Waals surface area contributed by atoms with Crippen LogP contribution in [0.2, 0.25) is 0 Å². The van der Waals surface area contributed by atoms with Gasteiger partial charge in [0.2, 0.25) is 0 Å². The Kier molecular flexibility index (Phi) is 6.68. The van der Waals surface area contributed by atoms with E-state index < -0.39 is 5.54 Å². The lowest BCUT2D eigenvalue weighted by atomic mass is 9.95. The highest BCUT2D eigenvalue weighted by molar-refractivity contribution is 7.99. The van der Waals surface area contributed by atoms with Crippen molar-refractivity contribution in [1.29, 1.82) is 0 Å². The van der Waals surface area contributed by atoms with Gasteiger partial charge in [-0.15, -0.1) is 11.8 Å². The van der Waals surface area contributed by atoms with E-state index in [1.165, 1.54) is 19.2 Å². The Hall–Kier alpha value is -1.07. The van der Waals surface area contributed by atoms with Crippen molar-refractivity contribution in [3.63, 3.8) is 0 Å². The molecular weight excluding hydrogens is 289 g/mol. The van der Waals surface area contributed by atoms with Crippen LogP contribution in [0, 0.1) is 5.82 Å². The van der Waals surface area contributed by atoms with Crippen LogP contribution in [-0.2, 0) is 9.53 Å². The molecule has 0 radical (unpaired) electrons. The van der Waals surface area contributed by atoms with Crippen LogP contribution >= 0.6 is 11.8 Å². The Labute approximate surface area is 130 Å². The van der Waals surface area contributed by atoms with Crippen molar-refractivity contribution in [2.24, 2.45) is 0 Å². The molecule has 1 rings (SSSR count). The summed E-state index contributed by atoms with van der Waals surface area (Å²) in [5.41, 5.74) is -0.747. The third kappa shape index (κ3) is 5.67. The van der Waals surface area contributed by atoms with Gasteiger partial charge >= 0.3 is 5.97 Å². The summed E-state index contributed by atoms with van der Waals surface area (Å²) in [6.07, 6.45) is 0.596. The molecule has 0 saturated carbocycles. The number of carbonyl (C=O) groups excluding carboxylic acids is 1. The van der Waals surface area contributed by atoms with Crippen molar-refractivity contribution in [2.45, 2.75) is 55.8 Å². The zero-order chi connectivity index (χ0) is 16.0. The number of nitrogens with one attached hydrogen (secondary N) is 1. The number of rotatable bonds is 7. The van der Waals surface area contributed by atoms with Gasteiger partial charge in [-0.2, -0.15) is 0 Å². The fraction of sp³-hybridized carbons (Fsp3) is 0.562. The van der Waals surface area contributed by atoms with Gasteiger partial charge in [0.25, 0.3) is 0 Å². The zero-order valence-corrected chi connectivity index (χ0v) is 14.1. The molecular formula is C16H24FNO2S. The van der Waals surface area contributed by atoms with Crippen molar-refractivity contribution in [3.05, 3.63) is 30.1 Å². The molecule has 0 fully saturated rings. The molecule has 0 aliphatic rings. The number of esters is 1. The second kappa shape index (κ2) is 7.80. The molecule has 0 saturated heterocycles. The summed E-state index contributed by atoms with van der Waals surface area (Å²) in [5, 5.41) is 3.41. The number of methoxy groups -OCH3 is 1. The van der Waals surface area contributed by atoms with Crippen LogP contribution in [0.5, 0.6) is 0 Å². The normalized spacial score (nSPS) is 15.6. The Morgan fingerprint density at radius 3 is 2.62 bits per heavy atom. The second-order valence-corrected chi connectivity index (χ2v) is 7.22. The van der Waals surface area contributed by atoms with E-state index in [-0.39, 0.29) is 23.1 Å². The lowest BCUT2D eigenvalue weighted by Gasteiger charge is -2.32. The van der Waals surface area contributed by atoms with E-state index in [0.29, 0.717) is 6.42 Å². The van der Waals surface area contributed by atoms with E-state index in [2.05, 4.69) is 5.32 Å². The number of thioether (sulfide) groups is 1. The average Bonchev–Trinajstić information content (AvgIpc) is 2.36. The maximum Gasteiger partial charge on any atom is 0.325 e. The van der Waals surface area contributed by atoms with Crippen LogP contribution < -0.4 is 5.32 Å². The molecule has 21 heavy (non-hydrogen) atoms. The van der Waals surface area contributed by atoms with Crippen LogP contribution in [0.25, 0.3) is 0 Å². The van der Waals surface area contributed by atoms with Gasteiger partial charge < -0.3 is 4.74 Å². The molecule has 0 heterocycles. The molecule has 5 heteroatoms. The van der Waals surface area contributed by atoms with Crippen molar-refractivity contribution in [2.75, 3.05) is 7.11 Å². The molecule has 1 aromatic carbocycles. The van der Waals surface area contributed by atoms with Crippen molar-refractivity contribution in [3.8, 4) is 0 Å². The largest absolute Gasteiger partial charge is 0.468 e. The SMILES string of the molecule is COC(=O)C(C)(CC(C)Sc1cccc(F)c1)NC(C)C. The van der Waals surface area contributed by atoms with Gasteiger partial charge in [0.15, 0.2) is 0 Å². The second-order valence-electron chi connectivity index (χ2n) is 5.71. The van der Waals surface area contributed by atoms with E-state index in [0.717, 1.165) is 4.90 Å². The molecule has 2 unspecified atom stereocenters. The van der Waals surface area contributed by atoms with Crippen LogP contribution in [0.15, 0.2) is 29.2 Å². The molecule has 0 spiro atoms. The standard InChI is InChI=1S/C16H24FNO2S/c1-11(2)18-16(4,15(19)20-5)10-12(3)21-14-8-6-7-13(17)9-14/h6-9,11-12,18H,10H2,1-5H3. The minimum absolute atomic E-state index is 0.141. The quantitative estimate of drug-likeness (QED) is 0.616. The van der Waals surface area contributed by atoms with E-state index in [1.807, 2.05) is 33.8 Å². The number of benzene rings is 1. The molecule has 0 aromatic heterocycles. The van der Waals surface area contributed by atoms with E-state index >= 15 is 0 Å². The summed E-state index contributed by atoms with van der Waals surface area (Å²) in [7, 11) is 1.40. The third-order valence-electron chi connectivity index (χ3n) is 3.07. The number of hydrogen-bond donors (Lipinski definition) is 1. The first kappa shape index (κ1) is 18.0. The molecule has 0 aliphatic heterocycles. The molecule has 0 aliphatic carbocycles. The summed E-state index contributed by atoms with van der Waals surface area (Å²) < 4.78 is 18.1. The lowest BCUT2D eigenvalue weighted by molar-refractivity contribution is -0.148. The molecule has 2 atom stereocenters. The summed E-state index contributed by atoms with van der Waals surface area (Å²) in [5.74, 6) is -0.522. The zero-order valence-electron chi connectivity index (χ0n) is 13.3. The molecule has 118 valence electrons. The Bertz CT molecular complexity index is 481. The molecule has 3 nitrogen and oxygen atoms in total. The first-order chi connectivity index (χ1) is 9.76. The Morgan fingerprint density at radius 1 is 1.43 bits per heavy atom. The van der Waals surface area contributed by atoms with Crippen LogP contribution in [-0.4, -0.2) is 29.9 Å². The van der Waals surface area contributed by atoms with Crippen LogP contribution in [0.4, 0.5) is 4.39 Å². The fourth-order valence-corrected chi connectivity index (χ4v) is 3.67. The van der Waals surface area contributed by atoms with Gasteiger partial charge in [0.1, 0.15) is 11.4 Å². The van der Waals surface area contributed by atoms with Crippen molar-refractivity contribution in [1.82, 2.24) is 5.32 Å². The summed E-state index contributed by atoms with van der Waals surface area (Å²) >= 11 is 1.55. The Morgan fingerprint density at radius 2 is 2.10 bits per heavy atom. The van der Waals surface area contributed by atoms with Gasteiger partial charge in [0.05, 0.1) is 7.11 Å². The number of carbonyl (C=O) groups is 1.